The van der Waals surface area contributed by atoms with Crippen molar-refractivity contribution in [3.8, 4) is 5.69 Å². The van der Waals surface area contributed by atoms with Gasteiger partial charge in [0.25, 0.3) is 5.56 Å². The number of nitrogens with one attached hydrogen (secondary N) is 1. The number of hydrogen-bond acceptors (Lipinski definition) is 3. The number of urea groups is 1. The van der Waals surface area contributed by atoms with Crippen LogP contribution >= 0.6 is 0 Å². The van der Waals surface area contributed by atoms with Gasteiger partial charge in [0.2, 0.25) is 0 Å². The fraction of sp³-hybridized carbons (Fsp3) is 0.333. The number of carbonyl (C=O) groups excluding carboxylic acids is 1. The van der Waals surface area contributed by atoms with Crippen molar-refractivity contribution in [2.45, 2.75) is 6.18 Å². The van der Waals surface area contributed by atoms with Gasteiger partial charge in [-0.2, -0.15) is 13.2 Å². The molecular weight excluding hydrogens is 380 g/mol. The number of anilines is 1. The molecule has 28 heavy (non-hydrogen) atoms. The summed E-state index contributed by atoms with van der Waals surface area (Å²) in [5.74, 6) is -3.42. The van der Waals surface area contributed by atoms with E-state index in [9.17, 15) is 27.2 Å². The Kier molecular flexibility index (Phi) is 5.41. The molecule has 6 nitrogen and oxygen atoms in total. The predicted octanol–water partition coefficient (Wildman–Crippen LogP) is 2.58. The number of carbonyl (C=O) groups is 1. The highest BCUT2D eigenvalue weighted by Gasteiger charge is 2.50. The van der Waals surface area contributed by atoms with Crippen LogP contribution in [0.2, 0.25) is 0 Å². The lowest BCUT2D eigenvalue weighted by atomic mass is 9.96. The molecule has 2 heterocycles. The average molecular weight is 398 g/mol. The molecular formula is C18H18F4N4O2. The summed E-state index contributed by atoms with van der Waals surface area (Å²) in [6.07, 6.45) is -3.00. The Morgan fingerprint density at radius 2 is 1.96 bits per heavy atom. The largest absolute Gasteiger partial charge is 0.393 e. The van der Waals surface area contributed by atoms with Crippen molar-refractivity contribution in [2.75, 3.05) is 25.0 Å². The smallest absolute Gasteiger partial charge is 0.330 e. The van der Waals surface area contributed by atoms with E-state index in [0.29, 0.717) is 0 Å². The maximum atomic E-state index is 14.4. The Morgan fingerprint density at radius 3 is 2.54 bits per heavy atom. The molecule has 1 aliphatic rings. The number of nitrogens with two attached hydrogens (primary N) is 1. The van der Waals surface area contributed by atoms with Crippen LogP contribution in [-0.4, -0.2) is 41.3 Å². The van der Waals surface area contributed by atoms with Gasteiger partial charge >= 0.3 is 12.2 Å². The standard InChI is InChI=1S/C18H18F4N4O2/c19-14-7-12(26-6-2-1-3-16(26)27)4-5-15(14)24-17(28)25-9-11(8-23)13(10-25)18(20,21)22/h1-7,11,13H,8-10,23H2,(H,24,28)/t11?,13-/m1/s1. The topological polar surface area (TPSA) is 80.4 Å². The Labute approximate surface area is 157 Å². The highest BCUT2D eigenvalue weighted by molar-refractivity contribution is 5.89. The SMILES string of the molecule is NCC1CN(C(=O)Nc2ccc(-n3ccccc3=O)cc2F)C[C@H]1C(F)(F)F. The second-order valence-electron chi connectivity index (χ2n) is 6.55. The quantitative estimate of drug-likeness (QED) is 0.780. The summed E-state index contributed by atoms with van der Waals surface area (Å²) in [6.45, 7) is -0.898. The average Bonchev–Trinajstić information content (AvgIpc) is 3.09. The van der Waals surface area contributed by atoms with Crippen LogP contribution in [0.25, 0.3) is 5.69 Å². The van der Waals surface area contributed by atoms with Gasteiger partial charge in [-0.1, -0.05) is 6.07 Å². The monoisotopic (exact) mass is 398 g/mol. The third kappa shape index (κ3) is 4.01. The Morgan fingerprint density at radius 1 is 1.21 bits per heavy atom. The first kappa shape index (κ1) is 19.9. The van der Waals surface area contributed by atoms with Crippen LogP contribution in [0.15, 0.2) is 47.4 Å². The first-order valence-corrected chi connectivity index (χ1v) is 8.51. The molecule has 0 aliphatic carbocycles. The number of alkyl halides is 3. The van der Waals surface area contributed by atoms with E-state index in [1.807, 2.05) is 0 Å². The van der Waals surface area contributed by atoms with Gasteiger partial charge in [-0.15, -0.1) is 0 Å². The molecule has 0 bridgehead atoms. The number of aromatic nitrogens is 1. The van der Waals surface area contributed by atoms with E-state index in [0.717, 1.165) is 11.0 Å². The van der Waals surface area contributed by atoms with E-state index in [1.165, 1.54) is 29.0 Å². The molecule has 3 N–H and O–H groups in total. The second kappa shape index (κ2) is 7.63. The summed E-state index contributed by atoms with van der Waals surface area (Å²) in [5.41, 5.74) is 5.09. The van der Waals surface area contributed by atoms with E-state index >= 15 is 0 Å². The molecule has 2 atom stereocenters. The normalized spacial score (nSPS) is 19.7. The molecule has 3 rings (SSSR count). The number of amides is 2. The van der Waals surface area contributed by atoms with E-state index in [4.69, 9.17) is 5.73 Å². The number of halogens is 4. The summed E-state index contributed by atoms with van der Waals surface area (Å²) < 4.78 is 54.8. The molecule has 2 amide bonds. The first-order chi connectivity index (χ1) is 13.2. The molecule has 1 aromatic carbocycles. The number of pyridine rings is 1. The van der Waals surface area contributed by atoms with Gasteiger partial charge in [0, 0.05) is 37.3 Å². The lowest BCUT2D eigenvalue weighted by Crippen LogP contribution is -2.35. The third-order valence-corrected chi connectivity index (χ3v) is 4.75. The Bertz CT molecular complexity index is 928. The Hall–Kier alpha value is -2.88. The molecule has 1 fully saturated rings. The van der Waals surface area contributed by atoms with E-state index < -0.39 is 36.4 Å². The number of benzene rings is 1. The number of hydrogen-bond donors (Lipinski definition) is 2. The lowest BCUT2D eigenvalue weighted by Gasteiger charge is -2.19. The highest BCUT2D eigenvalue weighted by atomic mass is 19.4. The molecule has 1 saturated heterocycles. The molecule has 0 saturated carbocycles. The predicted molar refractivity (Wildman–Crippen MR) is 94.7 cm³/mol. The Balaban J connectivity index is 1.75. The maximum absolute atomic E-state index is 14.4. The van der Waals surface area contributed by atoms with Crippen LogP contribution in [0.4, 0.5) is 28.0 Å². The fourth-order valence-electron chi connectivity index (χ4n) is 3.24. The van der Waals surface area contributed by atoms with Crippen molar-refractivity contribution >= 4 is 11.7 Å². The van der Waals surface area contributed by atoms with Crippen molar-refractivity contribution in [1.29, 1.82) is 0 Å². The summed E-state index contributed by atoms with van der Waals surface area (Å²) >= 11 is 0. The minimum Gasteiger partial charge on any atom is -0.330 e. The highest BCUT2D eigenvalue weighted by Crippen LogP contribution is 2.37. The fourth-order valence-corrected chi connectivity index (χ4v) is 3.24. The third-order valence-electron chi connectivity index (χ3n) is 4.75. The van der Waals surface area contributed by atoms with E-state index in [2.05, 4.69) is 5.32 Å². The van der Waals surface area contributed by atoms with Gasteiger partial charge in [-0.3, -0.25) is 9.36 Å². The van der Waals surface area contributed by atoms with E-state index in [1.54, 1.807) is 12.1 Å². The zero-order valence-corrected chi connectivity index (χ0v) is 14.6. The van der Waals surface area contributed by atoms with Crippen LogP contribution in [0, 0.1) is 17.7 Å². The summed E-state index contributed by atoms with van der Waals surface area (Å²) in [4.78, 5) is 25.1. The van der Waals surface area contributed by atoms with Gasteiger partial charge in [-0.25, -0.2) is 9.18 Å². The van der Waals surface area contributed by atoms with Gasteiger partial charge in [0.1, 0.15) is 5.82 Å². The molecule has 0 radical (unpaired) electrons. The number of nitrogens with zero attached hydrogens (tertiary/aromatic N) is 2. The molecule has 1 aliphatic heterocycles. The van der Waals surface area contributed by atoms with Crippen LogP contribution in [0.1, 0.15) is 0 Å². The van der Waals surface area contributed by atoms with Gasteiger partial charge in [-0.05, 0) is 24.7 Å². The molecule has 2 aromatic rings. The van der Waals surface area contributed by atoms with Gasteiger partial charge in [0.05, 0.1) is 17.3 Å². The number of likely N-dealkylation sites (tertiary alicyclic amines) is 1. The van der Waals surface area contributed by atoms with Crippen LogP contribution in [-0.2, 0) is 0 Å². The van der Waals surface area contributed by atoms with Crippen LogP contribution in [0.3, 0.4) is 0 Å². The first-order valence-electron chi connectivity index (χ1n) is 8.51. The minimum absolute atomic E-state index is 0.161. The summed E-state index contributed by atoms with van der Waals surface area (Å²) in [7, 11) is 0. The zero-order valence-electron chi connectivity index (χ0n) is 14.6. The van der Waals surface area contributed by atoms with Crippen molar-refractivity contribution in [3.05, 3.63) is 58.8 Å². The van der Waals surface area contributed by atoms with Crippen LogP contribution in [0.5, 0.6) is 0 Å². The van der Waals surface area contributed by atoms with Crippen molar-refractivity contribution in [3.63, 3.8) is 0 Å². The molecule has 10 heteroatoms. The van der Waals surface area contributed by atoms with Gasteiger partial charge in [0.15, 0.2) is 0 Å². The maximum Gasteiger partial charge on any atom is 0.393 e. The molecule has 1 unspecified atom stereocenters. The summed E-state index contributed by atoms with van der Waals surface area (Å²) in [6, 6.07) is 7.35. The lowest BCUT2D eigenvalue weighted by molar-refractivity contribution is -0.179. The molecule has 0 spiro atoms. The molecule has 150 valence electrons. The number of rotatable bonds is 3. The van der Waals surface area contributed by atoms with Crippen molar-refractivity contribution < 1.29 is 22.4 Å². The second-order valence-corrected chi connectivity index (χ2v) is 6.55. The van der Waals surface area contributed by atoms with Crippen LogP contribution < -0.4 is 16.6 Å². The van der Waals surface area contributed by atoms with Crippen molar-refractivity contribution in [1.82, 2.24) is 9.47 Å². The van der Waals surface area contributed by atoms with E-state index in [-0.39, 0.29) is 30.0 Å². The molecule has 1 aromatic heterocycles. The van der Waals surface area contributed by atoms with Gasteiger partial charge < -0.3 is 16.0 Å². The summed E-state index contributed by atoms with van der Waals surface area (Å²) in [5, 5.41) is 2.28. The van der Waals surface area contributed by atoms with Crippen molar-refractivity contribution in [2.24, 2.45) is 17.6 Å². The zero-order chi connectivity index (χ0) is 20.5. The minimum atomic E-state index is -4.46.